The van der Waals surface area contributed by atoms with E-state index in [1.165, 1.54) is 13.2 Å². The summed E-state index contributed by atoms with van der Waals surface area (Å²) in [4.78, 5) is 4.48. The van der Waals surface area contributed by atoms with Crippen molar-refractivity contribution in [3.05, 3.63) is 64.8 Å². The van der Waals surface area contributed by atoms with Gasteiger partial charge in [0.1, 0.15) is 5.75 Å². The molecule has 3 aromatic rings. The van der Waals surface area contributed by atoms with Crippen molar-refractivity contribution in [2.24, 2.45) is 0 Å². The molecule has 1 aliphatic heterocycles. The van der Waals surface area contributed by atoms with Gasteiger partial charge in [-0.2, -0.15) is 8.78 Å². The lowest BCUT2D eigenvalue weighted by molar-refractivity contribution is -0.000154. The van der Waals surface area contributed by atoms with Crippen molar-refractivity contribution in [2.75, 3.05) is 19.0 Å². The number of ether oxygens (including phenoxy) is 2. The van der Waals surface area contributed by atoms with E-state index in [4.69, 9.17) is 21.1 Å². The van der Waals surface area contributed by atoms with Crippen LogP contribution in [0.2, 0.25) is 5.02 Å². The molecule has 2 atom stereocenters. The zero-order valence-corrected chi connectivity index (χ0v) is 16.5. The van der Waals surface area contributed by atoms with Gasteiger partial charge in [-0.05, 0) is 43.3 Å². The Morgan fingerprint density at radius 3 is 2.66 bits per heavy atom. The second-order valence-electron chi connectivity index (χ2n) is 6.95. The van der Waals surface area contributed by atoms with E-state index in [9.17, 15) is 13.9 Å². The van der Waals surface area contributed by atoms with E-state index in [0.29, 0.717) is 22.0 Å². The van der Waals surface area contributed by atoms with Crippen molar-refractivity contribution in [1.29, 1.82) is 0 Å². The number of aryl methyl sites for hydroxylation is 1. The van der Waals surface area contributed by atoms with Crippen LogP contribution in [0.15, 0.2) is 48.5 Å². The number of aliphatic hydroxyl groups excluding tert-OH is 1. The number of hydrogen-bond donors (Lipinski definition) is 2. The molecule has 152 valence electrons. The Labute approximate surface area is 171 Å². The van der Waals surface area contributed by atoms with Gasteiger partial charge in [-0.25, -0.2) is 0 Å². The molecule has 2 aromatic carbocycles. The quantitative estimate of drug-likeness (QED) is 0.565. The van der Waals surface area contributed by atoms with Crippen LogP contribution in [0.1, 0.15) is 17.3 Å². The molecule has 1 fully saturated rings. The zero-order chi connectivity index (χ0) is 20.8. The number of alkyl halides is 2. The number of benzene rings is 2. The van der Waals surface area contributed by atoms with Crippen molar-refractivity contribution < 1.29 is 23.4 Å². The zero-order valence-electron chi connectivity index (χ0n) is 15.7. The lowest BCUT2D eigenvalue weighted by atomic mass is 9.91. The summed E-state index contributed by atoms with van der Waals surface area (Å²) in [6.07, 6.45) is -3.50. The van der Waals surface area contributed by atoms with E-state index < -0.39 is 24.4 Å². The summed E-state index contributed by atoms with van der Waals surface area (Å²) < 4.78 is 38.6. The van der Waals surface area contributed by atoms with Crippen LogP contribution in [-0.2, 0) is 4.74 Å². The molecular weight excluding hydrogens is 402 g/mol. The second kappa shape index (κ2) is 7.09. The average molecular weight is 421 g/mol. The van der Waals surface area contributed by atoms with Crippen molar-refractivity contribution in [3.8, 4) is 5.75 Å². The number of halogens is 3. The van der Waals surface area contributed by atoms with Crippen molar-refractivity contribution in [3.63, 3.8) is 0 Å². The average Bonchev–Trinajstić information content (AvgIpc) is 3.28. The lowest BCUT2D eigenvalue weighted by Gasteiger charge is -2.27. The Balaban J connectivity index is 1.85. The Kier molecular flexibility index (Phi) is 4.85. The molecule has 1 saturated heterocycles. The number of fused-ring (bicyclic) bond motifs is 1. The molecule has 0 radical (unpaired) electrons. The number of rotatable bonds is 6. The molecular formula is C21H19ClF2N2O3. The first-order valence-corrected chi connectivity index (χ1v) is 9.34. The molecule has 4 rings (SSSR count). The topological polar surface area (TPSA) is 66.9 Å². The number of nitrogens with one attached hydrogen (secondary N) is 1. The predicted octanol–water partition coefficient (Wildman–Crippen LogP) is 4.71. The summed E-state index contributed by atoms with van der Waals surface area (Å²) >= 11 is 6.04. The summed E-state index contributed by atoms with van der Waals surface area (Å²) in [6.45, 7) is 0.992. The minimum atomic E-state index is -3.50. The van der Waals surface area contributed by atoms with Crippen LogP contribution in [0, 0.1) is 6.92 Å². The SMILES string of the molecule is COc1cc(Cl)ccc1C(Nc1cccc2nc(C)ccc12)C1(CO)OC1(F)F. The second-order valence-corrected chi connectivity index (χ2v) is 7.39. The van der Waals surface area contributed by atoms with Gasteiger partial charge in [0.25, 0.3) is 0 Å². The van der Waals surface area contributed by atoms with Crippen LogP contribution in [0.25, 0.3) is 10.9 Å². The molecule has 29 heavy (non-hydrogen) atoms. The van der Waals surface area contributed by atoms with Gasteiger partial charge in [0, 0.05) is 27.4 Å². The molecule has 0 aliphatic carbocycles. The van der Waals surface area contributed by atoms with Crippen molar-refractivity contribution in [2.45, 2.75) is 24.7 Å². The highest BCUT2D eigenvalue weighted by atomic mass is 35.5. The van der Waals surface area contributed by atoms with Crippen LogP contribution in [-0.4, -0.2) is 35.5 Å². The number of aliphatic hydroxyl groups is 1. The standard InChI is InChI=1S/C21H19ClF2N2O3/c1-12-6-8-14-16(25-12)4-3-5-17(14)26-19(20(11-27)21(23,24)29-20)15-9-7-13(22)10-18(15)28-2/h3-10,19,26-27H,11H2,1-2H3. The van der Waals surface area contributed by atoms with Gasteiger partial charge in [-0.15, -0.1) is 0 Å². The normalized spacial score (nSPS) is 21.0. The molecule has 0 saturated carbocycles. The fraction of sp³-hybridized carbons (Fsp3) is 0.286. The number of epoxide rings is 1. The van der Waals surface area contributed by atoms with E-state index >= 15 is 0 Å². The smallest absolute Gasteiger partial charge is 0.390 e. The third kappa shape index (κ3) is 3.29. The van der Waals surface area contributed by atoms with Crippen LogP contribution in [0.4, 0.5) is 14.5 Å². The lowest BCUT2D eigenvalue weighted by Crippen LogP contribution is -2.37. The summed E-state index contributed by atoms with van der Waals surface area (Å²) in [6, 6.07) is 12.7. The Bertz CT molecular complexity index is 1080. The minimum Gasteiger partial charge on any atom is -0.496 e. The number of pyridine rings is 1. The molecule has 8 heteroatoms. The Hall–Kier alpha value is -2.48. The molecule has 2 N–H and O–H groups in total. The maximum absolute atomic E-state index is 14.3. The summed E-state index contributed by atoms with van der Waals surface area (Å²) in [5.41, 5.74) is 0.401. The first-order valence-electron chi connectivity index (χ1n) is 8.96. The molecule has 0 spiro atoms. The minimum absolute atomic E-state index is 0.309. The van der Waals surface area contributed by atoms with Gasteiger partial charge < -0.3 is 15.2 Å². The van der Waals surface area contributed by atoms with Crippen LogP contribution in [0.5, 0.6) is 5.75 Å². The van der Waals surface area contributed by atoms with E-state index in [0.717, 1.165) is 16.6 Å². The molecule has 1 aliphatic rings. The Morgan fingerprint density at radius 2 is 2.00 bits per heavy atom. The molecule has 5 nitrogen and oxygen atoms in total. The molecule has 2 heterocycles. The number of nitrogens with zero attached hydrogens (tertiary/aromatic N) is 1. The van der Waals surface area contributed by atoms with E-state index in [-0.39, 0.29) is 0 Å². The number of hydrogen-bond acceptors (Lipinski definition) is 5. The fourth-order valence-corrected chi connectivity index (χ4v) is 3.72. The predicted molar refractivity (Wildman–Crippen MR) is 107 cm³/mol. The number of anilines is 1. The summed E-state index contributed by atoms with van der Waals surface area (Å²) in [5.74, 6) is 0.309. The van der Waals surface area contributed by atoms with Crippen LogP contribution < -0.4 is 10.1 Å². The van der Waals surface area contributed by atoms with Gasteiger partial charge in [-0.3, -0.25) is 9.72 Å². The maximum atomic E-state index is 14.3. The fourth-order valence-electron chi connectivity index (χ4n) is 3.55. The number of aromatic nitrogens is 1. The first-order chi connectivity index (χ1) is 13.8. The summed E-state index contributed by atoms with van der Waals surface area (Å²) in [5, 5.41) is 14.1. The molecule has 0 bridgehead atoms. The Morgan fingerprint density at radius 1 is 1.24 bits per heavy atom. The van der Waals surface area contributed by atoms with Crippen molar-refractivity contribution in [1.82, 2.24) is 4.98 Å². The number of methoxy groups -OCH3 is 1. The van der Waals surface area contributed by atoms with Crippen LogP contribution in [0.3, 0.4) is 0 Å². The van der Waals surface area contributed by atoms with Crippen molar-refractivity contribution >= 4 is 28.2 Å². The maximum Gasteiger partial charge on any atom is 0.390 e. The summed E-state index contributed by atoms with van der Waals surface area (Å²) in [7, 11) is 1.42. The van der Waals surface area contributed by atoms with Gasteiger partial charge in [0.05, 0.1) is 25.3 Å². The monoisotopic (exact) mass is 420 g/mol. The highest BCUT2D eigenvalue weighted by Crippen LogP contribution is 2.59. The van der Waals surface area contributed by atoms with Gasteiger partial charge in [0.15, 0.2) is 0 Å². The molecule has 2 unspecified atom stereocenters. The van der Waals surface area contributed by atoms with E-state index in [1.807, 2.05) is 25.1 Å². The van der Waals surface area contributed by atoms with Gasteiger partial charge >= 0.3 is 6.11 Å². The van der Waals surface area contributed by atoms with Gasteiger partial charge in [-0.1, -0.05) is 23.7 Å². The highest BCUT2D eigenvalue weighted by Gasteiger charge is 2.78. The molecule has 1 aromatic heterocycles. The molecule has 0 amide bonds. The largest absolute Gasteiger partial charge is 0.496 e. The first kappa shape index (κ1) is 19.8. The third-order valence-corrected chi connectivity index (χ3v) is 5.38. The van der Waals surface area contributed by atoms with E-state index in [1.54, 1.807) is 24.3 Å². The van der Waals surface area contributed by atoms with Crippen LogP contribution >= 0.6 is 11.6 Å². The van der Waals surface area contributed by atoms with Gasteiger partial charge in [0.2, 0.25) is 5.60 Å². The third-order valence-electron chi connectivity index (χ3n) is 5.14. The van der Waals surface area contributed by atoms with E-state index in [2.05, 4.69) is 10.3 Å². The highest BCUT2D eigenvalue weighted by molar-refractivity contribution is 6.30.